The summed E-state index contributed by atoms with van der Waals surface area (Å²) in [6.07, 6.45) is 1.90. The van der Waals surface area contributed by atoms with E-state index in [1.165, 1.54) is 6.07 Å². The lowest BCUT2D eigenvalue weighted by Crippen LogP contribution is -2.16. The summed E-state index contributed by atoms with van der Waals surface area (Å²) in [6.45, 7) is 0.582. The zero-order valence-electron chi connectivity index (χ0n) is 8.52. The van der Waals surface area contributed by atoms with Gasteiger partial charge >= 0.3 is 0 Å². The fraction of sp³-hybridized carbons (Fsp3) is 0.455. The van der Waals surface area contributed by atoms with Crippen LogP contribution in [0.3, 0.4) is 0 Å². The zero-order valence-corrected chi connectivity index (χ0v) is 10.1. The number of hydrogen-bond acceptors (Lipinski definition) is 2. The van der Waals surface area contributed by atoms with Gasteiger partial charge in [-0.25, -0.2) is 4.39 Å². The van der Waals surface area contributed by atoms with E-state index in [9.17, 15) is 4.39 Å². The molecule has 1 unspecified atom stereocenters. The van der Waals surface area contributed by atoms with Gasteiger partial charge in [0.15, 0.2) is 11.6 Å². The van der Waals surface area contributed by atoms with Crippen LogP contribution in [0.4, 0.5) is 4.39 Å². The number of benzene rings is 1. The Labute approximate surface area is 96.9 Å². The minimum absolute atomic E-state index is 0.160. The Morgan fingerprint density at radius 2 is 2.33 bits per heavy atom. The van der Waals surface area contributed by atoms with Crippen LogP contribution in [-0.4, -0.2) is 13.7 Å². The van der Waals surface area contributed by atoms with E-state index >= 15 is 0 Å². The molecule has 0 saturated heterocycles. The van der Waals surface area contributed by atoms with E-state index in [4.69, 9.17) is 4.74 Å². The summed E-state index contributed by atoms with van der Waals surface area (Å²) in [5, 5.41) is 3.19. The van der Waals surface area contributed by atoms with Crippen LogP contribution in [0, 0.1) is 5.82 Å². The minimum Gasteiger partial charge on any atom is -0.490 e. The van der Waals surface area contributed by atoms with Crippen molar-refractivity contribution in [1.82, 2.24) is 5.32 Å². The highest BCUT2D eigenvalue weighted by atomic mass is 79.9. The molecule has 1 aromatic rings. The smallest absolute Gasteiger partial charge is 0.165 e. The Morgan fingerprint density at radius 1 is 1.53 bits per heavy atom. The molecule has 15 heavy (non-hydrogen) atoms. The molecule has 1 heterocycles. The minimum atomic E-state index is -0.282. The predicted octanol–water partition coefficient (Wildman–Crippen LogP) is 3.02. The average Bonchev–Trinajstić information content (AvgIpc) is 2.46. The van der Waals surface area contributed by atoms with Gasteiger partial charge in [0.1, 0.15) is 0 Å². The second-order valence-corrected chi connectivity index (χ2v) is 4.46. The Bertz CT molecular complexity index is 370. The molecular weight excluding hydrogens is 261 g/mol. The van der Waals surface area contributed by atoms with Crippen molar-refractivity contribution in [3.05, 3.63) is 28.0 Å². The second kappa shape index (κ2) is 4.49. The maximum Gasteiger partial charge on any atom is 0.165 e. The molecule has 82 valence electrons. The van der Waals surface area contributed by atoms with Gasteiger partial charge in [-0.3, -0.25) is 0 Å². The summed E-state index contributed by atoms with van der Waals surface area (Å²) in [4.78, 5) is 0. The van der Waals surface area contributed by atoms with Crippen molar-refractivity contribution in [2.75, 3.05) is 13.7 Å². The fourth-order valence-corrected chi connectivity index (χ4v) is 2.50. The third kappa shape index (κ3) is 2.01. The molecular formula is C11H13BrFNO. The molecule has 4 heteroatoms. The van der Waals surface area contributed by atoms with E-state index in [0.717, 1.165) is 22.9 Å². The second-order valence-electron chi connectivity index (χ2n) is 3.60. The van der Waals surface area contributed by atoms with Crippen molar-refractivity contribution in [2.45, 2.75) is 18.9 Å². The third-order valence-electron chi connectivity index (χ3n) is 2.68. The van der Waals surface area contributed by atoms with Crippen molar-refractivity contribution in [1.29, 1.82) is 0 Å². The summed E-state index contributed by atoms with van der Waals surface area (Å²) in [5.41, 5.74) is 0.898. The standard InChI is InChI=1S/C11H13BrFNO/c1-14-9-3-2-6-15-11-8(13)5-4-7(12)10(9)11/h4-5,9,14H,2-3,6H2,1H3. The number of halogens is 2. The van der Waals surface area contributed by atoms with Crippen LogP contribution in [0.2, 0.25) is 0 Å². The van der Waals surface area contributed by atoms with E-state index in [-0.39, 0.29) is 11.9 Å². The molecule has 0 amide bonds. The van der Waals surface area contributed by atoms with Gasteiger partial charge in [0.05, 0.1) is 6.61 Å². The van der Waals surface area contributed by atoms with Gasteiger partial charge in [-0.05, 0) is 32.0 Å². The topological polar surface area (TPSA) is 21.3 Å². The molecule has 0 saturated carbocycles. The van der Waals surface area contributed by atoms with Crippen LogP contribution in [0.15, 0.2) is 16.6 Å². The highest BCUT2D eigenvalue weighted by Gasteiger charge is 2.23. The molecule has 2 rings (SSSR count). The molecule has 0 fully saturated rings. The molecule has 1 aliphatic rings. The van der Waals surface area contributed by atoms with Gasteiger partial charge in [0.25, 0.3) is 0 Å². The first kappa shape index (κ1) is 10.9. The third-order valence-corrected chi connectivity index (χ3v) is 3.37. The number of fused-ring (bicyclic) bond motifs is 1. The quantitative estimate of drug-likeness (QED) is 0.850. The van der Waals surface area contributed by atoms with Gasteiger partial charge in [0.2, 0.25) is 0 Å². The van der Waals surface area contributed by atoms with Crippen molar-refractivity contribution < 1.29 is 9.13 Å². The Balaban J connectivity index is 2.54. The molecule has 1 aromatic carbocycles. The Hall–Kier alpha value is -0.610. The van der Waals surface area contributed by atoms with Crippen LogP contribution in [0.5, 0.6) is 5.75 Å². The van der Waals surface area contributed by atoms with Crippen LogP contribution < -0.4 is 10.1 Å². The largest absolute Gasteiger partial charge is 0.490 e. The van der Waals surface area contributed by atoms with Crippen molar-refractivity contribution >= 4 is 15.9 Å². The van der Waals surface area contributed by atoms with Crippen LogP contribution in [-0.2, 0) is 0 Å². The summed E-state index contributed by atoms with van der Waals surface area (Å²) in [5.74, 6) is 0.108. The molecule has 0 spiro atoms. The average molecular weight is 274 g/mol. The van der Waals surface area contributed by atoms with E-state index < -0.39 is 0 Å². The molecule has 0 bridgehead atoms. The van der Waals surface area contributed by atoms with Crippen LogP contribution >= 0.6 is 15.9 Å². The summed E-state index contributed by atoms with van der Waals surface area (Å²) in [7, 11) is 1.89. The lowest BCUT2D eigenvalue weighted by molar-refractivity contribution is 0.300. The summed E-state index contributed by atoms with van der Waals surface area (Å²) >= 11 is 3.45. The first-order valence-electron chi connectivity index (χ1n) is 5.02. The van der Waals surface area contributed by atoms with Crippen molar-refractivity contribution in [2.24, 2.45) is 0 Å². The zero-order chi connectivity index (χ0) is 10.8. The van der Waals surface area contributed by atoms with E-state index in [0.29, 0.717) is 12.4 Å². The highest BCUT2D eigenvalue weighted by molar-refractivity contribution is 9.10. The molecule has 1 aliphatic heterocycles. The summed E-state index contributed by atoms with van der Waals surface area (Å²) in [6, 6.07) is 3.32. The first-order chi connectivity index (χ1) is 7.24. The predicted molar refractivity (Wildman–Crippen MR) is 60.6 cm³/mol. The maximum absolute atomic E-state index is 13.6. The monoisotopic (exact) mass is 273 g/mol. The lowest BCUT2D eigenvalue weighted by Gasteiger charge is -2.17. The normalized spacial score (nSPS) is 20.3. The number of ether oxygens (including phenoxy) is 1. The van der Waals surface area contributed by atoms with Gasteiger partial charge in [-0.15, -0.1) is 0 Å². The van der Waals surface area contributed by atoms with E-state index in [1.54, 1.807) is 6.07 Å². The van der Waals surface area contributed by atoms with E-state index in [2.05, 4.69) is 21.2 Å². The van der Waals surface area contributed by atoms with Gasteiger partial charge < -0.3 is 10.1 Å². The summed E-state index contributed by atoms with van der Waals surface area (Å²) < 4.78 is 19.9. The van der Waals surface area contributed by atoms with Crippen LogP contribution in [0.25, 0.3) is 0 Å². The molecule has 0 aliphatic carbocycles. The van der Waals surface area contributed by atoms with Crippen LogP contribution in [0.1, 0.15) is 24.4 Å². The molecule has 1 atom stereocenters. The lowest BCUT2D eigenvalue weighted by atomic mass is 10.0. The number of rotatable bonds is 1. The number of hydrogen-bond donors (Lipinski definition) is 1. The number of nitrogens with one attached hydrogen (secondary N) is 1. The SMILES string of the molecule is CNC1CCCOc2c(F)ccc(Br)c21. The Kier molecular flexibility index (Phi) is 3.26. The van der Waals surface area contributed by atoms with Crippen molar-refractivity contribution in [3.8, 4) is 5.75 Å². The molecule has 0 radical (unpaired) electrons. The van der Waals surface area contributed by atoms with E-state index in [1.807, 2.05) is 7.05 Å². The Morgan fingerprint density at radius 3 is 3.07 bits per heavy atom. The van der Waals surface area contributed by atoms with Crippen molar-refractivity contribution in [3.63, 3.8) is 0 Å². The molecule has 1 N–H and O–H groups in total. The van der Waals surface area contributed by atoms with Gasteiger partial charge in [-0.2, -0.15) is 0 Å². The first-order valence-corrected chi connectivity index (χ1v) is 5.81. The molecule has 0 aromatic heterocycles. The van der Waals surface area contributed by atoms with Gasteiger partial charge in [0, 0.05) is 16.1 Å². The highest BCUT2D eigenvalue weighted by Crippen LogP contribution is 2.38. The molecule has 2 nitrogen and oxygen atoms in total. The fourth-order valence-electron chi connectivity index (χ4n) is 1.91. The maximum atomic E-state index is 13.6. The van der Waals surface area contributed by atoms with Gasteiger partial charge in [-0.1, -0.05) is 15.9 Å².